The van der Waals surface area contributed by atoms with Gasteiger partial charge in [-0.3, -0.25) is 4.98 Å². The van der Waals surface area contributed by atoms with Crippen molar-refractivity contribution < 1.29 is 0 Å². The van der Waals surface area contributed by atoms with Gasteiger partial charge in [0, 0.05) is 22.4 Å². The van der Waals surface area contributed by atoms with Gasteiger partial charge in [-0.1, -0.05) is 35.5 Å². The predicted molar refractivity (Wildman–Crippen MR) is 105 cm³/mol. The van der Waals surface area contributed by atoms with Crippen molar-refractivity contribution >= 4 is 34.3 Å². The van der Waals surface area contributed by atoms with Gasteiger partial charge in [-0.05, 0) is 71.3 Å². The standard InChI is InChI=1S/C19H16ClN5S/c1-12-5-7-15(10-13(12)2)25-19(22-23-24-25)26-11-14-6-8-17(20)16-4-3-9-21-18(14)16/h3-10H,11H2,1-2H3. The normalized spacial score (nSPS) is 11.2. The third kappa shape index (κ3) is 3.18. The number of hydrogen-bond donors (Lipinski definition) is 0. The lowest BCUT2D eigenvalue weighted by molar-refractivity contribution is 0.755. The fourth-order valence-corrected chi connectivity index (χ4v) is 3.83. The van der Waals surface area contributed by atoms with E-state index in [9.17, 15) is 0 Å². The lowest BCUT2D eigenvalue weighted by Crippen LogP contribution is -2.00. The summed E-state index contributed by atoms with van der Waals surface area (Å²) in [5, 5.41) is 14.6. The third-order valence-electron chi connectivity index (χ3n) is 4.33. The summed E-state index contributed by atoms with van der Waals surface area (Å²) in [5.41, 5.74) is 5.43. The minimum atomic E-state index is 0.704. The molecule has 5 nitrogen and oxygen atoms in total. The first-order chi connectivity index (χ1) is 12.6. The van der Waals surface area contributed by atoms with Crippen molar-refractivity contribution in [2.24, 2.45) is 0 Å². The number of nitrogens with zero attached hydrogens (tertiary/aromatic N) is 5. The van der Waals surface area contributed by atoms with Gasteiger partial charge in [0.15, 0.2) is 0 Å². The highest BCUT2D eigenvalue weighted by molar-refractivity contribution is 7.98. The van der Waals surface area contributed by atoms with Crippen LogP contribution in [0.1, 0.15) is 16.7 Å². The van der Waals surface area contributed by atoms with Gasteiger partial charge >= 0.3 is 0 Å². The van der Waals surface area contributed by atoms with E-state index < -0.39 is 0 Å². The molecule has 4 aromatic rings. The van der Waals surface area contributed by atoms with Crippen LogP contribution >= 0.6 is 23.4 Å². The molecule has 0 spiro atoms. The lowest BCUT2D eigenvalue weighted by atomic mass is 10.1. The van der Waals surface area contributed by atoms with Crippen molar-refractivity contribution in [3.63, 3.8) is 0 Å². The van der Waals surface area contributed by atoms with Crippen LogP contribution in [-0.2, 0) is 5.75 Å². The van der Waals surface area contributed by atoms with E-state index in [0.717, 1.165) is 27.3 Å². The summed E-state index contributed by atoms with van der Waals surface area (Å²) in [4.78, 5) is 4.49. The van der Waals surface area contributed by atoms with Crippen LogP contribution in [0.25, 0.3) is 16.6 Å². The highest BCUT2D eigenvalue weighted by Crippen LogP contribution is 2.29. The number of halogens is 1. The second-order valence-electron chi connectivity index (χ2n) is 6.04. The molecule has 0 saturated carbocycles. The molecule has 2 aromatic heterocycles. The number of aromatic nitrogens is 5. The molecule has 0 N–H and O–H groups in total. The summed E-state index contributed by atoms with van der Waals surface area (Å²) in [5.74, 6) is 0.704. The Morgan fingerprint density at radius 2 is 1.96 bits per heavy atom. The molecule has 0 atom stereocenters. The van der Waals surface area contributed by atoms with Gasteiger partial charge in [0.05, 0.1) is 11.2 Å². The minimum absolute atomic E-state index is 0.704. The second kappa shape index (κ2) is 7.05. The highest BCUT2D eigenvalue weighted by Gasteiger charge is 2.12. The second-order valence-corrected chi connectivity index (χ2v) is 7.39. The summed E-state index contributed by atoms with van der Waals surface area (Å²) in [6.45, 7) is 4.18. The van der Waals surface area contributed by atoms with Crippen LogP contribution in [0.3, 0.4) is 0 Å². The van der Waals surface area contributed by atoms with Gasteiger partial charge in [-0.15, -0.1) is 5.10 Å². The average Bonchev–Trinajstić information content (AvgIpc) is 3.12. The van der Waals surface area contributed by atoms with E-state index in [-0.39, 0.29) is 0 Å². The first kappa shape index (κ1) is 17.0. The summed E-state index contributed by atoms with van der Waals surface area (Å²) in [6, 6.07) is 14.0. The predicted octanol–water partition coefficient (Wildman–Crippen LogP) is 4.77. The highest BCUT2D eigenvalue weighted by atomic mass is 35.5. The number of pyridine rings is 1. The van der Waals surface area contributed by atoms with E-state index in [1.165, 1.54) is 11.1 Å². The average molecular weight is 382 g/mol. The molecule has 0 fully saturated rings. The number of hydrogen-bond acceptors (Lipinski definition) is 5. The molecular formula is C19H16ClN5S. The van der Waals surface area contributed by atoms with E-state index in [1.807, 2.05) is 30.3 Å². The van der Waals surface area contributed by atoms with Gasteiger partial charge in [0.1, 0.15) is 0 Å². The summed E-state index contributed by atoms with van der Waals surface area (Å²) in [7, 11) is 0. The lowest BCUT2D eigenvalue weighted by Gasteiger charge is -2.08. The fraction of sp³-hybridized carbons (Fsp3) is 0.158. The maximum atomic E-state index is 6.28. The fourth-order valence-electron chi connectivity index (χ4n) is 2.74. The maximum Gasteiger partial charge on any atom is 0.214 e. The van der Waals surface area contributed by atoms with Gasteiger partial charge in [0.2, 0.25) is 5.16 Å². The number of thioether (sulfide) groups is 1. The molecule has 0 aliphatic rings. The summed E-state index contributed by atoms with van der Waals surface area (Å²) in [6.07, 6.45) is 1.78. The van der Waals surface area contributed by atoms with E-state index in [0.29, 0.717) is 10.8 Å². The molecule has 26 heavy (non-hydrogen) atoms. The van der Waals surface area contributed by atoms with Crippen LogP contribution in [0.5, 0.6) is 0 Å². The molecule has 0 bridgehead atoms. The third-order valence-corrected chi connectivity index (χ3v) is 5.63. The quantitative estimate of drug-likeness (QED) is 0.476. The Kier molecular flexibility index (Phi) is 4.61. The maximum absolute atomic E-state index is 6.28. The van der Waals surface area contributed by atoms with E-state index >= 15 is 0 Å². The number of aryl methyl sites for hydroxylation is 2. The zero-order chi connectivity index (χ0) is 18.1. The summed E-state index contributed by atoms with van der Waals surface area (Å²) >= 11 is 7.85. The van der Waals surface area contributed by atoms with Crippen LogP contribution in [0, 0.1) is 13.8 Å². The molecule has 130 valence electrons. The van der Waals surface area contributed by atoms with Crippen molar-refractivity contribution in [3.05, 3.63) is 70.4 Å². The van der Waals surface area contributed by atoms with Crippen LogP contribution < -0.4 is 0 Å². The van der Waals surface area contributed by atoms with E-state index in [4.69, 9.17) is 11.6 Å². The monoisotopic (exact) mass is 381 g/mol. The number of benzene rings is 2. The van der Waals surface area contributed by atoms with E-state index in [1.54, 1.807) is 22.6 Å². The van der Waals surface area contributed by atoms with Gasteiger partial charge < -0.3 is 0 Å². The SMILES string of the molecule is Cc1ccc(-n2nnnc2SCc2ccc(Cl)c3cccnc23)cc1C. The smallest absolute Gasteiger partial charge is 0.214 e. The number of rotatable bonds is 4. The van der Waals surface area contributed by atoms with Crippen LogP contribution in [0.15, 0.2) is 53.8 Å². The Hall–Kier alpha value is -2.44. The van der Waals surface area contributed by atoms with Gasteiger partial charge in [-0.2, -0.15) is 4.68 Å². The Labute approximate surface area is 160 Å². The Morgan fingerprint density at radius 1 is 1.08 bits per heavy atom. The Balaban J connectivity index is 1.63. The van der Waals surface area contributed by atoms with Crippen molar-refractivity contribution in [3.8, 4) is 5.69 Å². The van der Waals surface area contributed by atoms with Crippen molar-refractivity contribution in [2.45, 2.75) is 24.8 Å². The number of fused-ring (bicyclic) bond motifs is 1. The van der Waals surface area contributed by atoms with Gasteiger partial charge in [0.25, 0.3) is 0 Å². The molecule has 2 heterocycles. The Bertz CT molecular complexity index is 1090. The van der Waals surface area contributed by atoms with Crippen LogP contribution in [0.4, 0.5) is 0 Å². The minimum Gasteiger partial charge on any atom is -0.256 e. The topological polar surface area (TPSA) is 56.5 Å². The molecule has 0 radical (unpaired) electrons. The van der Waals surface area contributed by atoms with Crippen LogP contribution in [0.2, 0.25) is 5.02 Å². The first-order valence-electron chi connectivity index (χ1n) is 8.14. The number of tetrazole rings is 1. The molecule has 7 heteroatoms. The van der Waals surface area contributed by atoms with Crippen LogP contribution in [-0.4, -0.2) is 25.2 Å². The zero-order valence-corrected chi connectivity index (χ0v) is 15.9. The molecule has 0 amide bonds. The molecule has 4 rings (SSSR count). The van der Waals surface area contributed by atoms with Crippen molar-refractivity contribution in [1.82, 2.24) is 25.2 Å². The molecule has 0 unspecified atom stereocenters. The summed E-state index contributed by atoms with van der Waals surface area (Å²) < 4.78 is 1.77. The van der Waals surface area contributed by atoms with Gasteiger partial charge in [-0.25, -0.2) is 0 Å². The molecule has 2 aromatic carbocycles. The molecule has 0 aliphatic heterocycles. The van der Waals surface area contributed by atoms with E-state index in [2.05, 4.69) is 46.5 Å². The molecular weight excluding hydrogens is 366 g/mol. The molecule has 0 saturated heterocycles. The largest absolute Gasteiger partial charge is 0.256 e. The molecule has 0 aliphatic carbocycles. The Morgan fingerprint density at radius 3 is 2.81 bits per heavy atom. The zero-order valence-electron chi connectivity index (χ0n) is 14.3. The first-order valence-corrected chi connectivity index (χ1v) is 9.51. The van der Waals surface area contributed by atoms with Crippen molar-refractivity contribution in [2.75, 3.05) is 0 Å². The van der Waals surface area contributed by atoms with Crippen molar-refractivity contribution in [1.29, 1.82) is 0 Å².